The SMILES string of the molecule is O=C(c1cccc(C(F)F)c1)c1c(O)[nH]c2cc(Cl)c(-c3ccc(N4CCOCC4)cc3)cc12. The normalized spacial score (nSPS) is 14.2. The number of nitrogens with one attached hydrogen (secondary N) is 1. The number of rotatable bonds is 5. The topological polar surface area (TPSA) is 65.6 Å². The van der Waals surface area contributed by atoms with Crippen LogP contribution in [0.5, 0.6) is 5.88 Å². The van der Waals surface area contributed by atoms with E-state index in [2.05, 4.69) is 9.88 Å². The molecule has 1 aromatic heterocycles. The molecule has 5 rings (SSSR count). The van der Waals surface area contributed by atoms with Gasteiger partial charge in [-0.2, -0.15) is 0 Å². The number of H-pyrrole nitrogens is 1. The maximum Gasteiger partial charge on any atom is 0.263 e. The van der Waals surface area contributed by atoms with Crippen molar-refractivity contribution < 1.29 is 23.4 Å². The Morgan fingerprint density at radius 2 is 1.79 bits per heavy atom. The fourth-order valence-corrected chi connectivity index (χ4v) is 4.56. The molecule has 5 nitrogen and oxygen atoms in total. The molecular weight excluding hydrogens is 462 g/mol. The molecule has 2 N–H and O–H groups in total. The second-order valence-electron chi connectivity index (χ2n) is 8.13. The van der Waals surface area contributed by atoms with Crippen LogP contribution in [-0.4, -0.2) is 42.2 Å². The van der Waals surface area contributed by atoms with Gasteiger partial charge in [0.2, 0.25) is 5.88 Å². The maximum atomic E-state index is 13.2. The lowest BCUT2D eigenvalue weighted by atomic mass is 9.97. The molecule has 3 aromatic carbocycles. The molecule has 0 unspecified atom stereocenters. The van der Waals surface area contributed by atoms with E-state index in [1.165, 1.54) is 18.2 Å². The van der Waals surface area contributed by atoms with Crippen LogP contribution in [0.1, 0.15) is 27.9 Å². The van der Waals surface area contributed by atoms with E-state index in [1.807, 2.05) is 24.3 Å². The Bertz CT molecular complexity index is 1360. The fraction of sp³-hybridized carbons (Fsp3) is 0.192. The number of carbonyl (C=O) groups is 1. The number of anilines is 1. The van der Waals surface area contributed by atoms with Gasteiger partial charge in [0.15, 0.2) is 5.78 Å². The predicted octanol–water partition coefficient (Wildman–Crippen LogP) is 6.20. The zero-order valence-electron chi connectivity index (χ0n) is 18.0. The van der Waals surface area contributed by atoms with E-state index in [1.54, 1.807) is 12.1 Å². The number of benzene rings is 3. The average molecular weight is 483 g/mol. The van der Waals surface area contributed by atoms with Gasteiger partial charge in [0.05, 0.1) is 29.3 Å². The molecule has 0 bridgehead atoms. The Hall–Kier alpha value is -3.42. The third-order valence-corrected chi connectivity index (χ3v) is 6.36. The number of ether oxygens (including phenoxy) is 1. The van der Waals surface area contributed by atoms with Gasteiger partial charge in [-0.1, -0.05) is 41.9 Å². The Morgan fingerprint density at radius 1 is 1.06 bits per heavy atom. The molecule has 2 heterocycles. The first-order chi connectivity index (χ1) is 16.4. The number of halogens is 3. The van der Waals surface area contributed by atoms with Crippen LogP contribution in [0.25, 0.3) is 22.0 Å². The highest BCUT2D eigenvalue weighted by Gasteiger charge is 2.23. The molecule has 0 spiro atoms. The number of morpholine rings is 1. The first-order valence-electron chi connectivity index (χ1n) is 10.8. The lowest BCUT2D eigenvalue weighted by Gasteiger charge is -2.29. The van der Waals surface area contributed by atoms with Gasteiger partial charge in [-0.05, 0) is 35.9 Å². The van der Waals surface area contributed by atoms with Crippen LogP contribution >= 0.6 is 11.6 Å². The van der Waals surface area contributed by atoms with Crippen LogP contribution in [0, 0.1) is 0 Å². The Kier molecular flexibility index (Phi) is 5.98. The largest absolute Gasteiger partial charge is 0.494 e. The molecule has 0 radical (unpaired) electrons. The van der Waals surface area contributed by atoms with E-state index in [0.29, 0.717) is 34.7 Å². The minimum absolute atomic E-state index is 0.0178. The number of carbonyl (C=O) groups excluding carboxylic acids is 1. The second-order valence-corrected chi connectivity index (χ2v) is 8.54. The standard InChI is InChI=1S/C26H21ClF2N2O3/c27-21-14-22-20(13-19(21)15-4-6-18(7-5-15)31-8-10-34-11-9-31)23(26(33)30-22)24(32)16-2-1-3-17(12-16)25(28)29/h1-7,12-14,25,30,33H,8-11H2. The van der Waals surface area contributed by atoms with Crippen molar-refractivity contribution in [3.05, 3.63) is 82.4 Å². The summed E-state index contributed by atoms with van der Waals surface area (Å²) in [6, 6.07) is 16.6. The Morgan fingerprint density at radius 3 is 2.50 bits per heavy atom. The monoisotopic (exact) mass is 482 g/mol. The third kappa shape index (κ3) is 4.13. The molecule has 0 aliphatic carbocycles. The highest BCUT2D eigenvalue weighted by molar-refractivity contribution is 6.34. The quantitative estimate of drug-likeness (QED) is 0.332. The van der Waals surface area contributed by atoms with Gasteiger partial charge in [-0.3, -0.25) is 4.79 Å². The summed E-state index contributed by atoms with van der Waals surface area (Å²) >= 11 is 6.54. The Labute approximate surface area is 199 Å². The molecule has 0 saturated carbocycles. The number of ketones is 1. The van der Waals surface area contributed by atoms with E-state index in [0.717, 1.165) is 30.4 Å². The minimum atomic E-state index is -2.70. The first kappa shape index (κ1) is 22.4. The lowest BCUT2D eigenvalue weighted by Crippen LogP contribution is -2.36. The van der Waals surface area contributed by atoms with Gasteiger partial charge >= 0.3 is 0 Å². The predicted molar refractivity (Wildman–Crippen MR) is 128 cm³/mol. The van der Waals surface area contributed by atoms with E-state index in [4.69, 9.17) is 16.3 Å². The highest BCUT2D eigenvalue weighted by atomic mass is 35.5. The molecule has 1 aliphatic heterocycles. The van der Waals surface area contributed by atoms with Crippen molar-refractivity contribution in [2.45, 2.75) is 6.43 Å². The highest BCUT2D eigenvalue weighted by Crippen LogP contribution is 2.38. The van der Waals surface area contributed by atoms with Crippen molar-refractivity contribution in [3.63, 3.8) is 0 Å². The second kappa shape index (κ2) is 9.08. The molecule has 1 saturated heterocycles. The van der Waals surface area contributed by atoms with Crippen LogP contribution in [0.2, 0.25) is 5.02 Å². The molecule has 8 heteroatoms. The smallest absolute Gasteiger partial charge is 0.263 e. The van der Waals surface area contributed by atoms with Crippen molar-refractivity contribution >= 4 is 34.0 Å². The van der Waals surface area contributed by atoms with Gasteiger partial charge in [-0.25, -0.2) is 8.78 Å². The van der Waals surface area contributed by atoms with Crippen molar-refractivity contribution in [1.82, 2.24) is 4.98 Å². The molecule has 1 aliphatic rings. The minimum Gasteiger partial charge on any atom is -0.494 e. The van der Waals surface area contributed by atoms with E-state index < -0.39 is 12.2 Å². The van der Waals surface area contributed by atoms with Gasteiger partial charge in [0.25, 0.3) is 6.43 Å². The number of aromatic nitrogens is 1. The number of aromatic hydroxyl groups is 1. The summed E-state index contributed by atoms with van der Waals surface area (Å²) in [6.45, 7) is 3.04. The molecule has 34 heavy (non-hydrogen) atoms. The zero-order valence-corrected chi connectivity index (χ0v) is 18.8. The zero-order chi connectivity index (χ0) is 23.8. The molecule has 0 atom stereocenters. The number of hydrogen-bond donors (Lipinski definition) is 2. The number of hydrogen-bond acceptors (Lipinski definition) is 4. The number of fused-ring (bicyclic) bond motifs is 1. The van der Waals surface area contributed by atoms with Gasteiger partial charge < -0.3 is 19.7 Å². The summed E-state index contributed by atoms with van der Waals surface area (Å²) in [7, 11) is 0. The first-order valence-corrected chi connectivity index (χ1v) is 11.2. The van der Waals surface area contributed by atoms with Crippen LogP contribution in [-0.2, 0) is 4.74 Å². The number of nitrogens with zero attached hydrogens (tertiary/aromatic N) is 1. The lowest BCUT2D eigenvalue weighted by molar-refractivity contribution is 0.103. The summed E-state index contributed by atoms with van der Waals surface area (Å²) in [5.41, 5.74) is 2.93. The Balaban J connectivity index is 1.54. The van der Waals surface area contributed by atoms with Gasteiger partial charge in [0, 0.05) is 40.9 Å². The van der Waals surface area contributed by atoms with Crippen molar-refractivity contribution in [2.24, 2.45) is 0 Å². The van der Waals surface area contributed by atoms with Gasteiger partial charge in [-0.15, -0.1) is 0 Å². The summed E-state index contributed by atoms with van der Waals surface area (Å²) in [4.78, 5) is 18.2. The van der Waals surface area contributed by atoms with Crippen molar-refractivity contribution in [3.8, 4) is 17.0 Å². The van der Waals surface area contributed by atoms with E-state index >= 15 is 0 Å². The summed E-state index contributed by atoms with van der Waals surface area (Å²) in [6.07, 6.45) is -2.70. The molecular formula is C26H21ClF2N2O3. The van der Waals surface area contributed by atoms with E-state index in [-0.39, 0.29) is 22.6 Å². The van der Waals surface area contributed by atoms with Crippen LogP contribution in [0.4, 0.5) is 14.5 Å². The average Bonchev–Trinajstić information content (AvgIpc) is 3.18. The third-order valence-electron chi connectivity index (χ3n) is 6.05. The summed E-state index contributed by atoms with van der Waals surface area (Å²) in [5, 5.41) is 11.4. The van der Waals surface area contributed by atoms with Crippen molar-refractivity contribution in [1.29, 1.82) is 0 Å². The maximum absolute atomic E-state index is 13.2. The van der Waals surface area contributed by atoms with Crippen LogP contribution < -0.4 is 4.90 Å². The van der Waals surface area contributed by atoms with E-state index in [9.17, 15) is 18.7 Å². The molecule has 174 valence electrons. The summed E-state index contributed by atoms with van der Waals surface area (Å²) < 4.78 is 31.7. The molecule has 4 aromatic rings. The van der Waals surface area contributed by atoms with Crippen molar-refractivity contribution in [2.75, 3.05) is 31.2 Å². The molecule has 0 amide bonds. The van der Waals surface area contributed by atoms with Gasteiger partial charge in [0.1, 0.15) is 0 Å². The summed E-state index contributed by atoms with van der Waals surface area (Å²) in [5.74, 6) is -0.888. The van der Waals surface area contributed by atoms with Crippen LogP contribution in [0.15, 0.2) is 60.7 Å². The fourth-order valence-electron chi connectivity index (χ4n) is 4.29. The number of alkyl halides is 2. The molecule has 1 fully saturated rings. The van der Waals surface area contributed by atoms with Crippen LogP contribution in [0.3, 0.4) is 0 Å². The number of aromatic amines is 1.